The van der Waals surface area contributed by atoms with Crippen LogP contribution in [0.5, 0.6) is 0 Å². The van der Waals surface area contributed by atoms with Crippen molar-refractivity contribution in [1.82, 2.24) is 10.3 Å². The minimum absolute atomic E-state index is 0.0641. The molecule has 88 valence electrons. The van der Waals surface area contributed by atoms with E-state index in [1.54, 1.807) is 17.6 Å². The van der Waals surface area contributed by atoms with Crippen LogP contribution < -0.4 is 11.5 Å². The average Bonchev–Trinajstić information content (AvgIpc) is 2.88. The number of hydrogen-bond donors (Lipinski definition) is 2. The van der Waals surface area contributed by atoms with Gasteiger partial charge in [0.2, 0.25) is 0 Å². The van der Waals surface area contributed by atoms with Gasteiger partial charge in [0.15, 0.2) is 17.3 Å². The van der Waals surface area contributed by atoms with Crippen molar-refractivity contribution in [2.75, 3.05) is 5.73 Å². The molecule has 0 unspecified atom stereocenters. The van der Waals surface area contributed by atoms with Crippen LogP contribution >= 0.6 is 11.3 Å². The van der Waals surface area contributed by atoms with E-state index in [0.717, 1.165) is 10.4 Å². The Balaban J connectivity index is 2.14. The zero-order valence-electron chi connectivity index (χ0n) is 8.99. The molecule has 2 rings (SSSR count). The number of thiophene rings is 1. The van der Waals surface area contributed by atoms with Gasteiger partial charge in [0, 0.05) is 0 Å². The summed E-state index contributed by atoms with van der Waals surface area (Å²) >= 11 is 1.57. The molecule has 0 aliphatic rings. The zero-order valence-corrected chi connectivity index (χ0v) is 9.81. The van der Waals surface area contributed by atoms with E-state index in [2.05, 4.69) is 25.1 Å². The van der Waals surface area contributed by atoms with Gasteiger partial charge in [-0.25, -0.2) is 4.63 Å². The largest absolute Gasteiger partial charge is 0.380 e. The molecule has 2 aromatic rings. The molecule has 0 spiro atoms. The summed E-state index contributed by atoms with van der Waals surface area (Å²) in [5.74, 6) is 0.156. The van der Waals surface area contributed by atoms with Gasteiger partial charge in [-0.1, -0.05) is 0 Å². The fourth-order valence-electron chi connectivity index (χ4n) is 1.08. The molecule has 0 atom stereocenters. The van der Waals surface area contributed by atoms with Gasteiger partial charge in [0.05, 0.1) is 11.1 Å². The molecule has 17 heavy (non-hydrogen) atoms. The summed E-state index contributed by atoms with van der Waals surface area (Å²) in [5.41, 5.74) is 12.4. The third-order valence-electron chi connectivity index (χ3n) is 2.00. The van der Waals surface area contributed by atoms with Crippen LogP contribution in [0.2, 0.25) is 0 Å². The van der Waals surface area contributed by atoms with Gasteiger partial charge in [-0.15, -0.1) is 16.4 Å². The SMILES string of the molecule is Cc1ccsc1/C=N\N=C(N)c1nonc1N. The molecular weight excluding hydrogens is 240 g/mol. The van der Waals surface area contributed by atoms with Gasteiger partial charge >= 0.3 is 0 Å². The lowest BCUT2D eigenvalue weighted by Gasteiger charge is -1.91. The second-order valence-electron chi connectivity index (χ2n) is 3.20. The van der Waals surface area contributed by atoms with Crippen molar-refractivity contribution < 1.29 is 4.63 Å². The minimum Gasteiger partial charge on any atom is -0.380 e. The quantitative estimate of drug-likeness (QED) is 0.474. The van der Waals surface area contributed by atoms with Crippen molar-refractivity contribution in [3.63, 3.8) is 0 Å². The molecule has 0 amide bonds. The van der Waals surface area contributed by atoms with Gasteiger partial charge in [0.1, 0.15) is 0 Å². The maximum absolute atomic E-state index is 5.61. The van der Waals surface area contributed by atoms with E-state index in [-0.39, 0.29) is 17.3 Å². The Kier molecular flexibility index (Phi) is 3.15. The summed E-state index contributed by atoms with van der Waals surface area (Å²) < 4.78 is 4.40. The first-order valence-electron chi connectivity index (χ1n) is 4.67. The molecule has 0 radical (unpaired) electrons. The highest BCUT2D eigenvalue weighted by Gasteiger charge is 2.09. The number of amidine groups is 1. The first kappa shape index (κ1) is 11.3. The highest BCUT2D eigenvalue weighted by molar-refractivity contribution is 7.11. The third-order valence-corrected chi connectivity index (χ3v) is 2.95. The van der Waals surface area contributed by atoms with E-state index in [0.29, 0.717) is 0 Å². The standard InChI is InChI=1S/C9H10N6OS/c1-5-2-3-17-6(5)4-12-13-8(10)7-9(11)15-16-14-7/h2-4H,1H3,(H2,10,13)(H2,11,15)/b12-4-. The number of anilines is 1. The Bertz CT molecular complexity index is 570. The van der Waals surface area contributed by atoms with Crippen LogP contribution in [0.3, 0.4) is 0 Å². The van der Waals surface area contributed by atoms with E-state index in [9.17, 15) is 0 Å². The molecule has 4 N–H and O–H groups in total. The number of hydrogen-bond acceptors (Lipinski definition) is 7. The van der Waals surface area contributed by atoms with Crippen molar-refractivity contribution in [2.24, 2.45) is 15.9 Å². The molecule has 0 fully saturated rings. The van der Waals surface area contributed by atoms with Crippen molar-refractivity contribution in [3.8, 4) is 0 Å². The molecule has 0 saturated carbocycles. The molecular formula is C9H10N6OS. The van der Waals surface area contributed by atoms with Crippen LogP contribution in [0.4, 0.5) is 5.82 Å². The zero-order chi connectivity index (χ0) is 12.3. The Morgan fingerprint density at radius 1 is 1.53 bits per heavy atom. The van der Waals surface area contributed by atoms with Crippen molar-refractivity contribution in [3.05, 3.63) is 27.6 Å². The van der Waals surface area contributed by atoms with E-state index in [4.69, 9.17) is 11.5 Å². The molecule has 8 heteroatoms. The number of rotatable bonds is 3. The summed E-state index contributed by atoms with van der Waals surface area (Å²) in [6.45, 7) is 1.99. The molecule has 0 aliphatic heterocycles. The first-order chi connectivity index (χ1) is 8.18. The minimum atomic E-state index is 0.0641. The summed E-state index contributed by atoms with van der Waals surface area (Å²) in [5, 5.41) is 16.5. The molecule has 7 nitrogen and oxygen atoms in total. The number of nitrogens with two attached hydrogens (primary N) is 2. The number of aryl methyl sites for hydroxylation is 1. The van der Waals surface area contributed by atoms with E-state index < -0.39 is 0 Å². The predicted octanol–water partition coefficient (Wildman–Crippen LogP) is 0.761. The first-order valence-corrected chi connectivity index (χ1v) is 5.55. The maximum atomic E-state index is 5.61. The molecule has 0 aliphatic carbocycles. The lowest BCUT2D eigenvalue weighted by molar-refractivity contribution is 0.308. The predicted molar refractivity (Wildman–Crippen MR) is 66.1 cm³/mol. The van der Waals surface area contributed by atoms with Gasteiger partial charge < -0.3 is 11.5 Å². The molecule has 0 bridgehead atoms. The lowest BCUT2D eigenvalue weighted by Crippen LogP contribution is -2.15. The second kappa shape index (κ2) is 4.74. The Labute approximate surface area is 101 Å². The molecule has 2 heterocycles. The second-order valence-corrected chi connectivity index (χ2v) is 4.14. The van der Waals surface area contributed by atoms with Crippen LogP contribution in [0, 0.1) is 6.92 Å². The fraction of sp³-hybridized carbons (Fsp3) is 0.111. The Morgan fingerprint density at radius 2 is 2.35 bits per heavy atom. The third kappa shape index (κ3) is 2.48. The van der Waals surface area contributed by atoms with Crippen LogP contribution in [-0.2, 0) is 0 Å². The molecule has 2 aromatic heterocycles. The summed E-state index contributed by atoms with van der Waals surface area (Å²) in [6, 6.07) is 2.00. The van der Waals surface area contributed by atoms with Gasteiger partial charge in [-0.2, -0.15) is 5.10 Å². The van der Waals surface area contributed by atoms with Crippen molar-refractivity contribution >= 4 is 29.2 Å². The monoisotopic (exact) mass is 250 g/mol. The van der Waals surface area contributed by atoms with E-state index in [1.165, 1.54) is 0 Å². The Hall–Kier alpha value is -2.22. The van der Waals surface area contributed by atoms with Crippen molar-refractivity contribution in [2.45, 2.75) is 6.92 Å². The van der Waals surface area contributed by atoms with Crippen LogP contribution in [0.1, 0.15) is 16.1 Å². The lowest BCUT2D eigenvalue weighted by atomic mass is 10.3. The normalized spacial score (nSPS) is 12.4. The molecule has 0 saturated heterocycles. The topological polar surface area (TPSA) is 116 Å². The Morgan fingerprint density at radius 3 is 2.94 bits per heavy atom. The smallest absolute Gasteiger partial charge is 0.199 e. The van der Waals surface area contributed by atoms with Crippen LogP contribution in [0.25, 0.3) is 0 Å². The summed E-state index contributed by atoms with van der Waals surface area (Å²) in [6.07, 6.45) is 1.62. The average molecular weight is 250 g/mol. The highest BCUT2D eigenvalue weighted by atomic mass is 32.1. The summed E-state index contributed by atoms with van der Waals surface area (Å²) in [7, 11) is 0. The van der Waals surface area contributed by atoms with Crippen molar-refractivity contribution in [1.29, 1.82) is 0 Å². The van der Waals surface area contributed by atoms with Gasteiger partial charge in [0.25, 0.3) is 0 Å². The molecule has 0 aromatic carbocycles. The van der Waals surface area contributed by atoms with E-state index in [1.807, 2.05) is 18.4 Å². The summed E-state index contributed by atoms with van der Waals surface area (Å²) in [4.78, 5) is 1.02. The van der Waals surface area contributed by atoms with E-state index >= 15 is 0 Å². The fourth-order valence-corrected chi connectivity index (χ4v) is 1.86. The maximum Gasteiger partial charge on any atom is 0.199 e. The van der Waals surface area contributed by atoms with Crippen LogP contribution in [0.15, 0.2) is 26.3 Å². The van der Waals surface area contributed by atoms with Gasteiger partial charge in [-0.3, -0.25) is 0 Å². The van der Waals surface area contributed by atoms with Gasteiger partial charge in [-0.05, 0) is 34.2 Å². The highest BCUT2D eigenvalue weighted by Crippen LogP contribution is 2.12. The number of aromatic nitrogens is 2. The van der Waals surface area contributed by atoms with Crippen LogP contribution in [-0.4, -0.2) is 22.4 Å². The number of nitrogen functional groups attached to an aromatic ring is 1. The number of nitrogens with zero attached hydrogens (tertiary/aromatic N) is 4.